The van der Waals surface area contributed by atoms with E-state index in [1.54, 1.807) is 30.3 Å². The van der Waals surface area contributed by atoms with Crippen LogP contribution in [0.3, 0.4) is 0 Å². The highest BCUT2D eigenvalue weighted by Gasteiger charge is 2.11. The Bertz CT molecular complexity index is 1160. The summed E-state index contributed by atoms with van der Waals surface area (Å²) in [5.41, 5.74) is 4.79. The first kappa shape index (κ1) is 24.4. The third-order valence-electron chi connectivity index (χ3n) is 3.99. The van der Waals surface area contributed by atoms with E-state index in [1.807, 2.05) is 24.3 Å². The molecule has 0 bridgehead atoms. The number of halogens is 3. The summed E-state index contributed by atoms with van der Waals surface area (Å²) >= 11 is 15.3. The first-order chi connectivity index (χ1) is 15.3. The minimum atomic E-state index is -0.481. The van der Waals surface area contributed by atoms with Gasteiger partial charge in [0.05, 0.1) is 4.47 Å². The minimum Gasteiger partial charge on any atom is -0.484 e. The van der Waals surface area contributed by atoms with E-state index in [0.717, 1.165) is 24.2 Å². The van der Waals surface area contributed by atoms with Gasteiger partial charge >= 0.3 is 0 Å². The fourth-order valence-electron chi connectivity index (χ4n) is 2.53. The number of hydrazine groups is 1. The zero-order valence-electron chi connectivity index (χ0n) is 16.3. The molecule has 3 aromatic carbocycles. The molecule has 0 spiro atoms. The van der Waals surface area contributed by atoms with E-state index in [-0.39, 0.29) is 18.3 Å². The number of amides is 2. The fraction of sp³-hybridized carbons (Fsp3) is 0.0952. The van der Waals surface area contributed by atoms with Gasteiger partial charge in [0.15, 0.2) is 18.3 Å². The Balaban J connectivity index is 1.41. The molecule has 0 aromatic heterocycles. The predicted molar refractivity (Wildman–Crippen MR) is 136 cm³/mol. The van der Waals surface area contributed by atoms with Crippen molar-refractivity contribution in [3.63, 3.8) is 0 Å². The van der Waals surface area contributed by atoms with Gasteiger partial charge in [-0.1, -0.05) is 44.0 Å². The number of hydrogen-bond acceptors (Lipinski definition) is 5. The van der Waals surface area contributed by atoms with E-state index in [4.69, 9.17) is 21.7 Å². The van der Waals surface area contributed by atoms with Crippen molar-refractivity contribution in [2.45, 2.75) is 0 Å². The Morgan fingerprint density at radius 2 is 1.50 bits per heavy atom. The molecule has 0 atom stereocenters. The summed E-state index contributed by atoms with van der Waals surface area (Å²) in [5.74, 6) is 0.120. The van der Waals surface area contributed by atoms with Gasteiger partial charge in [-0.2, -0.15) is 0 Å². The molecule has 0 radical (unpaired) electrons. The first-order valence-electron chi connectivity index (χ1n) is 9.09. The molecule has 3 rings (SSSR count). The van der Waals surface area contributed by atoms with Gasteiger partial charge in [0.25, 0.3) is 11.8 Å². The van der Waals surface area contributed by atoms with Crippen LogP contribution in [0.2, 0.25) is 0 Å². The van der Waals surface area contributed by atoms with Gasteiger partial charge in [-0.25, -0.2) is 0 Å². The van der Waals surface area contributed by atoms with E-state index in [9.17, 15) is 9.59 Å². The molecule has 0 heterocycles. The summed E-state index contributed by atoms with van der Waals surface area (Å²) in [5, 5.41) is 4.33. The monoisotopic (exact) mass is 643 g/mol. The topological polar surface area (TPSA) is 88.7 Å². The third-order valence-corrected chi connectivity index (χ3v) is 6.04. The van der Waals surface area contributed by atoms with Gasteiger partial charge in [-0.3, -0.25) is 25.8 Å². The van der Waals surface area contributed by atoms with Crippen LogP contribution in [0, 0.1) is 0 Å². The van der Waals surface area contributed by atoms with Crippen LogP contribution in [0.1, 0.15) is 0 Å². The lowest BCUT2D eigenvalue weighted by Gasteiger charge is -2.13. The van der Waals surface area contributed by atoms with Gasteiger partial charge in [-0.05, 0) is 81.4 Å². The predicted octanol–water partition coefficient (Wildman–Crippen LogP) is 4.61. The lowest BCUT2D eigenvalue weighted by Crippen LogP contribution is -2.50. The van der Waals surface area contributed by atoms with Gasteiger partial charge < -0.3 is 9.47 Å². The molecule has 0 fully saturated rings. The van der Waals surface area contributed by atoms with Crippen LogP contribution in [0.15, 0.2) is 68.0 Å². The van der Waals surface area contributed by atoms with Crippen molar-refractivity contribution >= 4 is 87.7 Å². The van der Waals surface area contributed by atoms with Crippen molar-refractivity contribution in [2.24, 2.45) is 0 Å². The van der Waals surface area contributed by atoms with E-state index >= 15 is 0 Å². The molecule has 0 saturated carbocycles. The second-order valence-electron chi connectivity index (χ2n) is 6.32. The molecule has 0 aliphatic rings. The smallest absolute Gasteiger partial charge is 0.276 e. The maximum Gasteiger partial charge on any atom is 0.276 e. The number of carbonyl (C=O) groups excluding carboxylic acids is 2. The molecular formula is C21H16Br3N3O4S. The van der Waals surface area contributed by atoms with Crippen LogP contribution in [-0.2, 0) is 9.59 Å². The molecule has 2 amide bonds. The molecule has 3 aromatic rings. The van der Waals surface area contributed by atoms with Crippen molar-refractivity contribution in [1.29, 1.82) is 0 Å². The Labute approximate surface area is 214 Å². The first-order valence-corrected chi connectivity index (χ1v) is 11.9. The van der Waals surface area contributed by atoms with Crippen LogP contribution < -0.4 is 25.6 Å². The van der Waals surface area contributed by atoms with Crippen molar-refractivity contribution in [3.8, 4) is 11.5 Å². The second kappa shape index (κ2) is 11.6. The molecule has 0 aliphatic carbocycles. The molecule has 166 valence electrons. The average molecular weight is 646 g/mol. The number of ether oxygens (including phenoxy) is 2. The standard InChI is InChI=1S/C21H16Br3N3O4S/c22-13-2-5-15(6-3-13)30-11-19(29)26-27-21(32)25-18(28)10-31-17-8-1-12-9-14(23)4-7-16(12)20(17)24/h1-9H,10-11H2,(H,26,29)(H2,25,27,28,32). The third kappa shape index (κ3) is 7.16. The Morgan fingerprint density at radius 1 is 0.812 bits per heavy atom. The quantitative estimate of drug-likeness (QED) is 0.268. The molecular weight excluding hydrogens is 630 g/mol. The van der Waals surface area contributed by atoms with Crippen LogP contribution in [0.25, 0.3) is 10.8 Å². The number of thiocarbonyl (C=S) groups is 1. The van der Waals surface area contributed by atoms with Crippen molar-refractivity contribution < 1.29 is 19.1 Å². The number of hydrogen-bond donors (Lipinski definition) is 3. The van der Waals surface area contributed by atoms with E-state index in [2.05, 4.69) is 64.0 Å². The molecule has 0 saturated heterocycles. The minimum absolute atomic E-state index is 0.0713. The van der Waals surface area contributed by atoms with Gasteiger partial charge in [-0.15, -0.1) is 0 Å². The van der Waals surface area contributed by atoms with Crippen LogP contribution >= 0.6 is 60.0 Å². The number of rotatable bonds is 6. The Morgan fingerprint density at radius 3 is 2.25 bits per heavy atom. The maximum atomic E-state index is 12.1. The number of carbonyl (C=O) groups is 2. The SMILES string of the molecule is O=C(COc1ccc(Br)cc1)NNC(=S)NC(=O)COc1ccc2cc(Br)ccc2c1Br. The zero-order valence-corrected chi connectivity index (χ0v) is 21.9. The molecule has 3 N–H and O–H groups in total. The molecule has 32 heavy (non-hydrogen) atoms. The zero-order chi connectivity index (χ0) is 23.1. The fourth-order valence-corrected chi connectivity index (χ4v) is 3.95. The largest absolute Gasteiger partial charge is 0.484 e. The van der Waals surface area contributed by atoms with E-state index in [1.165, 1.54) is 0 Å². The highest BCUT2D eigenvalue weighted by Crippen LogP contribution is 2.34. The molecule has 11 heteroatoms. The number of benzene rings is 3. The van der Waals surface area contributed by atoms with Gasteiger partial charge in [0.1, 0.15) is 11.5 Å². The van der Waals surface area contributed by atoms with E-state index < -0.39 is 11.8 Å². The lowest BCUT2D eigenvalue weighted by atomic mass is 10.1. The highest BCUT2D eigenvalue weighted by atomic mass is 79.9. The molecule has 7 nitrogen and oxygen atoms in total. The second-order valence-corrected chi connectivity index (χ2v) is 9.36. The van der Waals surface area contributed by atoms with Crippen LogP contribution in [0.4, 0.5) is 0 Å². The van der Waals surface area contributed by atoms with Crippen LogP contribution in [0.5, 0.6) is 11.5 Å². The van der Waals surface area contributed by atoms with Crippen molar-refractivity contribution in [1.82, 2.24) is 16.2 Å². The number of nitrogens with one attached hydrogen (secondary N) is 3. The van der Waals surface area contributed by atoms with Gasteiger partial charge in [0.2, 0.25) is 0 Å². The number of fused-ring (bicyclic) bond motifs is 1. The maximum absolute atomic E-state index is 12.1. The van der Waals surface area contributed by atoms with Gasteiger partial charge in [0, 0.05) is 8.95 Å². The average Bonchev–Trinajstić information content (AvgIpc) is 2.76. The summed E-state index contributed by atoms with van der Waals surface area (Å²) < 4.78 is 13.6. The van der Waals surface area contributed by atoms with E-state index in [0.29, 0.717) is 11.5 Å². The summed E-state index contributed by atoms with van der Waals surface area (Å²) in [7, 11) is 0. The van der Waals surface area contributed by atoms with Crippen molar-refractivity contribution in [2.75, 3.05) is 13.2 Å². The molecule has 0 unspecified atom stereocenters. The summed E-state index contributed by atoms with van der Waals surface area (Å²) in [6.45, 7) is -0.482. The highest BCUT2D eigenvalue weighted by molar-refractivity contribution is 9.11. The summed E-state index contributed by atoms with van der Waals surface area (Å²) in [4.78, 5) is 23.9. The Kier molecular flexibility index (Phi) is 8.85. The summed E-state index contributed by atoms with van der Waals surface area (Å²) in [6, 6.07) is 16.6. The Hall–Kier alpha value is -2.21. The molecule has 0 aliphatic heterocycles. The summed E-state index contributed by atoms with van der Waals surface area (Å²) in [6.07, 6.45) is 0. The lowest BCUT2D eigenvalue weighted by molar-refractivity contribution is -0.124. The van der Waals surface area contributed by atoms with Crippen molar-refractivity contribution in [3.05, 3.63) is 68.0 Å². The normalized spacial score (nSPS) is 10.3. The van der Waals surface area contributed by atoms with Crippen LogP contribution in [-0.4, -0.2) is 30.1 Å².